The van der Waals surface area contributed by atoms with Gasteiger partial charge in [0.15, 0.2) is 12.1 Å². The van der Waals surface area contributed by atoms with Crippen molar-refractivity contribution < 1.29 is 0 Å². The van der Waals surface area contributed by atoms with Gasteiger partial charge in [-0.25, -0.2) is 14.7 Å². The zero-order valence-corrected chi connectivity index (χ0v) is 16.4. The number of nitrogens with two attached hydrogens (primary N) is 1. The van der Waals surface area contributed by atoms with E-state index in [1.54, 1.807) is 6.20 Å². The van der Waals surface area contributed by atoms with Gasteiger partial charge in [0.25, 0.3) is 0 Å². The molecule has 8 nitrogen and oxygen atoms in total. The lowest BCUT2D eigenvalue weighted by molar-refractivity contribution is 0.627. The smallest absolute Gasteiger partial charge is 0.212 e. The molecule has 8 heteroatoms. The zero-order chi connectivity index (χ0) is 20.8. The quantitative estimate of drug-likeness (QED) is 0.477. The highest BCUT2D eigenvalue weighted by Crippen LogP contribution is 2.36. The molecule has 0 radical (unpaired) electrons. The first-order valence-electron chi connectivity index (χ1n) is 9.90. The van der Waals surface area contributed by atoms with Crippen molar-refractivity contribution >= 4 is 22.9 Å². The minimum Gasteiger partial charge on any atom is -0.370 e. The average molecular weight is 406 g/mol. The van der Waals surface area contributed by atoms with Crippen LogP contribution in [0.1, 0.15) is 11.7 Å². The summed E-state index contributed by atoms with van der Waals surface area (Å²) in [6, 6.07) is 21.9. The van der Waals surface area contributed by atoms with Crippen LogP contribution in [0, 0.1) is 0 Å². The molecule has 3 N–H and O–H groups in total. The summed E-state index contributed by atoms with van der Waals surface area (Å²) in [5.41, 5.74) is 11.6. The Morgan fingerprint density at radius 1 is 0.935 bits per heavy atom. The molecule has 0 saturated carbocycles. The monoisotopic (exact) mass is 406 g/mol. The number of benzene rings is 2. The Morgan fingerprint density at radius 3 is 2.61 bits per heavy atom. The normalized spacial score (nSPS) is 15.4. The topological polar surface area (TPSA) is 98.9 Å². The van der Waals surface area contributed by atoms with Crippen LogP contribution in [-0.2, 0) is 0 Å². The van der Waals surface area contributed by atoms with E-state index < -0.39 is 6.17 Å². The zero-order valence-electron chi connectivity index (χ0n) is 16.4. The van der Waals surface area contributed by atoms with Crippen LogP contribution >= 0.6 is 0 Å². The SMILES string of the molecule is NC1=N[C@H](c2cn(-c3ccccc3)nc2-c2cccnc2)n2c(nc3ccccc32)N1. The maximum absolute atomic E-state index is 6.15. The number of aromatic nitrogens is 5. The minimum absolute atomic E-state index is 0.317. The number of imidazole rings is 1. The van der Waals surface area contributed by atoms with E-state index >= 15 is 0 Å². The van der Waals surface area contributed by atoms with Gasteiger partial charge in [0.05, 0.1) is 16.7 Å². The molecule has 0 aliphatic carbocycles. The molecule has 0 amide bonds. The van der Waals surface area contributed by atoms with Gasteiger partial charge >= 0.3 is 0 Å². The van der Waals surface area contributed by atoms with E-state index in [2.05, 4.69) is 14.9 Å². The molecule has 0 fully saturated rings. The van der Waals surface area contributed by atoms with E-state index in [0.29, 0.717) is 11.9 Å². The second kappa shape index (κ2) is 6.81. The summed E-state index contributed by atoms with van der Waals surface area (Å²) < 4.78 is 3.92. The first-order chi connectivity index (χ1) is 15.3. The van der Waals surface area contributed by atoms with E-state index in [9.17, 15) is 0 Å². The number of hydrogen-bond acceptors (Lipinski definition) is 6. The fourth-order valence-electron chi connectivity index (χ4n) is 3.94. The number of rotatable bonds is 3. The van der Waals surface area contributed by atoms with Gasteiger partial charge in [-0.3, -0.25) is 14.9 Å². The Kier molecular flexibility index (Phi) is 3.82. The number of fused-ring (bicyclic) bond motifs is 3. The first kappa shape index (κ1) is 17.4. The molecule has 1 aliphatic heterocycles. The lowest BCUT2D eigenvalue weighted by Crippen LogP contribution is -2.31. The molecule has 4 heterocycles. The maximum atomic E-state index is 6.15. The molecule has 0 saturated heterocycles. The highest BCUT2D eigenvalue weighted by Gasteiger charge is 2.29. The van der Waals surface area contributed by atoms with Gasteiger partial charge in [0, 0.05) is 29.7 Å². The van der Waals surface area contributed by atoms with Crippen LogP contribution in [-0.4, -0.2) is 30.3 Å². The van der Waals surface area contributed by atoms with Crippen LogP contribution in [0.4, 0.5) is 5.95 Å². The number of hydrogen-bond donors (Lipinski definition) is 2. The molecular weight excluding hydrogens is 388 g/mol. The van der Waals surface area contributed by atoms with Crippen molar-refractivity contribution in [3.63, 3.8) is 0 Å². The molecule has 0 unspecified atom stereocenters. The van der Waals surface area contributed by atoms with Crippen LogP contribution in [0.15, 0.2) is 90.3 Å². The molecule has 6 rings (SSSR count). The molecular formula is C23H18N8. The van der Waals surface area contributed by atoms with Crippen molar-refractivity contribution in [2.75, 3.05) is 5.32 Å². The molecule has 150 valence electrons. The third-order valence-corrected chi connectivity index (χ3v) is 5.32. The van der Waals surface area contributed by atoms with E-state index in [1.807, 2.05) is 83.8 Å². The molecule has 31 heavy (non-hydrogen) atoms. The van der Waals surface area contributed by atoms with Gasteiger partial charge in [-0.15, -0.1) is 0 Å². The van der Waals surface area contributed by atoms with Crippen LogP contribution in [0.5, 0.6) is 0 Å². The molecule has 0 spiro atoms. The summed E-state index contributed by atoms with van der Waals surface area (Å²) in [4.78, 5) is 13.7. The average Bonchev–Trinajstić information content (AvgIpc) is 3.42. The number of para-hydroxylation sites is 3. The lowest BCUT2D eigenvalue weighted by Gasteiger charge is -2.23. The number of aliphatic imine (C=N–C) groups is 1. The Hall–Kier alpha value is -4.46. The molecule has 1 aliphatic rings. The van der Waals surface area contributed by atoms with Crippen LogP contribution < -0.4 is 11.1 Å². The predicted octanol–water partition coefficient (Wildman–Crippen LogP) is 3.57. The summed E-state index contributed by atoms with van der Waals surface area (Å²) in [6.07, 6.45) is 5.14. The molecule has 3 aromatic heterocycles. The van der Waals surface area contributed by atoms with E-state index in [-0.39, 0.29) is 0 Å². The van der Waals surface area contributed by atoms with Crippen LogP contribution in [0.25, 0.3) is 28.0 Å². The van der Waals surface area contributed by atoms with Gasteiger partial charge in [-0.2, -0.15) is 5.10 Å². The fraction of sp³-hybridized carbons (Fsp3) is 0.0435. The van der Waals surface area contributed by atoms with Gasteiger partial charge in [0.2, 0.25) is 5.95 Å². The minimum atomic E-state index is -0.420. The number of guanidine groups is 1. The van der Waals surface area contributed by atoms with Crippen LogP contribution in [0.2, 0.25) is 0 Å². The second-order valence-electron chi connectivity index (χ2n) is 7.26. The van der Waals surface area contributed by atoms with Crippen molar-refractivity contribution in [2.24, 2.45) is 10.7 Å². The van der Waals surface area contributed by atoms with Gasteiger partial charge in [-0.1, -0.05) is 30.3 Å². The Labute approximate surface area is 177 Å². The fourth-order valence-corrected chi connectivity index (χ4v) is 3.94. The van der Waals surface area contributed by atoms with Crippen LogP contribution in [0.3, 0.4) is 0 Å². The lowest BCUT2D eigenvalue weighted by atomic mass is 10.1. The maximum Gasteiger partial charge on any atom is 0.212 e. The van der Waals surface area contributed by atoms with Crippen molar-refractivity contribution in [1.29, 1.82) is 0 Å². The van der Waals surface area contributed by atoms with Crippen molar-refractivity contribution in [3.05, 3.63) is 90.9 Å². The Balaban J connectivity index is 1.61. The largest absolute Gasteiger partial charge is 0.370 e. The third-order valence-electron chi connectivity index (χ3n) is 5.32. The number of pyridine rings is 1. The van der Waals surface area contributed by atoms with Gasteiger partial charge in [-0.05, 0) is 36.4 Å². The summed E-state index contributed by atoms with van der Waals surface area (Å²) in [5.74, 6) is 0.973. The van der Waals surface area contributed by atoms with Crippen molar-refractivity contribution in [1.82, 2.24) is 24.3 Å². The molecule has 5 aromatic rings. The summed E-state index contributed by atoms with van der Waals surface area (Å²) in [7, 11) is 0. The highest BCUT2D eigenvalue weighted by atomic mass is 15.4. The third kappa shape index (κ3) is 2.84. The Morgan fingerprint density at radius 2 is 1.77 bits per heavy atom. The number of nitrogens with zero attached hydrogens (tertiary/aromatic N) is 6. The Bertz CT molecular complexity index is 1420. The predicted molar refractivity (Wildman–Crippen MR) is 120 cm³/mol. The van der Waals surface area contributed by atoms with Gasteiger partial charge in [0.1, 0.15) is 5.69 Å². The van der Waals surface area contributed by atoms with Crippen molar-refractivity contribution in [3.8, 4) is 16.9 Å². The van der Waals surface area contributed by atoms with Gasteiger partial charge < -0.3 is 5.73 Å². The summed E-state index contributed by atoms with van der Waals surface area (Å²) in [5, 5.41) is 7.99. The molecule has 0 bridgehead atoms. The molecule has 1 atom stereocenters. The second-order valence-corrected chi connectivity index (χ2v) is 7.26. The standard InChI is InChI=1S/C23H18N8/c24-22-27-21(31-19-11-5-4-10-18(19)26-23(31)28-22)17-14-30(16-8-2-1-3-9-16)29-20(17)15-7-6-12-25-13-15/h1-14,21H,(H3,24,26,27,28)/t21-/m0/s1. The van der Waals surface area contributed by atoms with E-state index in [4.69, 9.17) is 20.8 Å². The number of nitrogens with one attached hydrogen (secondary N) is 1. The molecule has 2 aromatic carbocycles. The number of anilines is 1. The highest BCUT2D eigenvalue weighted by molar-refractivity contribution is 5.95. The summed E-state index contributed by atoms with van der Waals surface area (Å²) in [6.45, 7) is 0. The first-order valence-corrected chi connectivity index (χ1v) is 9.90. The van der Waals surface area contributed by atoms with E-state index in [1.165, 1.54) is 0 Å². The van der Waals surface area contributed by atoms with Crippen molar-refractivity contribution in [2.45, 2.75) is 6.17 Å². The van der Waals surface area contributed by atoms with E-state index in [0.717, 1.165) is 33.5 Å². The summed E-state index contributed by atoms with van der Waals surface area (Å²) >= 11 is 0.